The molecule has 0 aliphatic rings. The first-order chi connectivity index (χ1) is 12.1. The monoisotopic (exact) mass is 380 g/mol. The average molecular weight is 380 g/mol. The van der Waals surface area contributed by atoms with Crippen molar-refractivity contribution in [1.29, 1.82) is 0 Å². The minimum absolute atomic E-state index is 0.0277. The van der Waals surface area contributed by atoms with Crippen molar-refractivity contribution in [2.75, 3.05) is 5.75 Å². The Balaban J connectivity index is 0.000000260. The molecule has 0 saturated carbocycles. The second-order valence-corrected chi connectivity index (χ2v) is 7.57. The molecule has 0 fully saturated rings. The summed E-state index contributed by atoms with van der Waals surface area (Å²) in [5.41, 5.74) is 0.335. The highest BCUT2D eigenvalue weighted by molar-refractivity contribution is 7.91. The van der Waals surface area contributed by atoms with Crippen LogP contribution in [0.25, 0.3) is 0 Å². The number of sulfone groups is 1. The first-order valence-corrected chi connectivity index (χ1v) is 9.23. The summed E-state index contributed by atoms with van der Waals surface area (Å²) >= 11 is 0. The van der Waals surface area contributed by atoms with Crippen LogP contribution in [0.15, 0.2) is 53.4 Å². The fourth-order valence-corrected chi connectivity index (χ4v) is 3.54. The zero-order valence-electron chi connectivity index (χ0n) is 14.3. The topological polar surface area (TPSA) is 129 Å². The quantitative estimate of drug-likeness (QED) is 0.725. The number of carboxylic acid groups (broad SMARTS) is 2. The van der Waals surface area contributed by atoms with E-state index < -0.39 is 27.9 Å². The van der Waals surface area contributed by atoms with Crippen LogP contribution in [0.1, 0.15) is 33.2 Å². The third kappa shape index (κ3) is 5.98. The Kier molecular flexibility index (Phi) is 7.48. The van der Waals surface area contributed by atoms with Gasteiger partial charge in [0.2, 0.25) is 0 Å². The normalized spacial score (nSPS) is 11.8. The number of aliphatic hydroxyl groups excluding tert-OH is 1. The van der Waals surface area contributed by atoms with Crippen LogP contribution in [0.4, 0.5) is 0 Å². The molecule has 0 aliphatic heterocycles. The Morgan fingerprint density at radius 3 is 1.77 bits per heavy atom. The van der Waals surface area contributed by atoms with E-state index in [-0.39, 0.29) is 27.3 Å². The molecule has 1 atom stereocenters. The molecule has 140 valence electrons. The molecule has 3 N–H and O–H groups in total. The molecule has 0 aromatic heterocycles. The maximum Gasteiger partial charge on any atom is 0.335 e. The van der Waals surface area contributed by atoms with Crippen LogP contribution in [-0.4, -0.2) is 47.5 Å². The highest BCUT2D eigenvalue weighted by atomic mass is 32.2. The van der Waals surface area contributed by atoms with Gasteiger partial charge in [-0.1, -0.05) is 24.3 Å². The highest BCUT2D eigenvalue weighted by Crippen LogP contribution is 2.13. The second kappa shape index (κ2) is 9.12. The zero-order valence-corrected chi connectivity index (χ0v) is 15.1. The summed E-state index contributed by atoms with van der Waals surface area (Å²) in [5.74, 6) is -2.45. The molecule has 0 amide bonds. The number of carboxylic acids is 2. The number of benzene rings is 2. The van der Waals surface area contributed by atoms with Gasteiger partial charge in [-0.3, -0.25) is 0 Å². The summed E-state index contributed by atoms with van der Waals surface area (Å²) in [5, 5.41) is 26.3. The predicted octanol–water partition coefficient (Wildman–Crippen LogP) is 2.23. The summed E-state index contributed by atoms with van der Waals surface area (Å²) in [6.07, 6.45) is -0.829. The fraction of sp³-hybridized carbons (Fsp3) is 0.222. The first kappa shape index (κ1) is 21.3. The van der Waals surface area contributed by atoms with Crippen molar-refractivity contribution in [1.82, 2.24) is 0 Å². The van der Waals surface area contributed by atoms with E-state index in [0.29, 0.717) is 0 Å². The number of hydrogen-bond donors (Lipinski definition) is 3. The lowest BCUT2D eigenvalue weighted by Crippen LogP contribution is -2.17. The van der Waals surface area contributed by atoms with Crippen molar-refractivity contribution < 1.29 is 33.3 Å². The molecule has 8 heteroatoms. The summed E-state index contributed by atoms with van der Waals surface area (Å²) in [7, 11) is -3.31. The van der Waals surface area contributed by atoms with Crippen LogP contribution in [0.3, 0.4) is 0 Å². The molecule has 0 bridgehead atoms. The number of carbonyl (C=O) groups is 2. The molecule has 1 unspecified atom stereocenters. The minimum atomic E-state index is -3.31. The van der Waals surface area contributed by atoms with Crippen molar-refractivity contribution in [2.24, 2.45) is 0 Å². The van der Waals surface area contributed by atoms with Crippen molar-refractivity contribution >= 4 is 21.8 Å². The summed E-state index contributed by atoms with van der Waals surface area (Å²) < 4.78 is 23.0. The summed E-state index contributed by atoms with van der Waals surface area (Å²) in [4.78, 5) is 21.5. The van der Waals surface area contributed by atoms with Gasteiger partial charge in [0.1, 0.15) is 0 Å². The first-order valence-electron chi connectivity index (χ1n) is 7.58. The lowest BCUT2D eigenvalue weighted by atomic mass is 10.0. The van der Waals surface area contributed by atoms with Crippen LogP contribution >= 0.6 is 0 Å². The van der Waals surface area contributed by atoms with E-state index in [9.17, 15) is 18.0 Å². The summed E-state index contributed by atoms with van der Waals surface area (Å²) in [6.45, 7) is 2.94. The number of aliphatic hydroxyl groups is 1. The Bertz CT molecular complexity index is 839. The molecule has 0 radical (unpaired) electrons. The van der Waals surface area contributed by atoms with Crippen LogP contribution in [-0.2, 0) is 9.84 Å². The molecule has 0 spiro atoms. The predicted molar refractivity (Wildman–Crippen MR) is 95.3 cm³/mol. The highest BCUT2D eigenvalue weighted by Gasteiger charge is 2.16. The molecule has 0 aliphatic carbocycles. The van der Waals surface area contributed by atoms with Crippen molar-refractivity contribution in [3.05, 3.63) is 65.2 Å². The number of aromatic carboxylic acids is 2. The molecule has 7 nitrogen and oxygen atoms in total. The lowest BCUT2D eigenvalue weighted by Gasteiger charge is -2.05. The summed E-state index contributed by atoms with van der Waals surface area (Å²) in [6, 6.07) is 12.3. The average Bonchev–Trinajstić information content (AvgIpc) is 2.55. The third-order valence-electron chi connectivity index (χ3n) is 3.36. The van der Waals surface area contributed by atoms with Gasteiger partial charge in [-0.25, -0.2) is 18.0 Å². The van der Waals surface area contributed by atoms with Gasteiger partial charge in [-0.05, 0) is 43.7 Å². The number of rotatable bonds is 5. The second-order valence-electron chi connectivity index (χ2n) is 5.53. The van der Waals surface area contributed by atoms with Gasteiger partial charge < -0.3 is 15.3 Å². The van der Waals surface area contributed by atoms with Gasteiger partial charge >= 0.3 is 11.9 Å². The van der Waals surface area contributed by atoms with Gasteiger partial charge in [0.25, 0.3) is 0 Å². The van der Waals surface area contributed by atoms with E-state index in [1.165, 1.54) is 44.2 Å². The van der Waals surface area contributed by atoms with Gasteiger partial charge in [0, 0.05) is 0 Å². The van der Waals surface area contributed by atoms with Gasteiger partial charge in [0.15, 0.2) is 9.84 Å². The zero-order chi connectivity index (χ0) is 19.9. The van der Waals surface area contributed by atoms with Crippen molar-refractivity contribution in [3.63, 3.8) is 0 Å². The standard InChI is InChI=1S/C9H8O4.C9H12O3S/c1-5-6(8(10)11)3-2-4-7(5)9(12)13;1-8(10)7-13(11,12)9-5-3-2-4-6-9/h2-4H,1H3,(H,10,11)(H,12,13);2-6,8,10H,7H2,1H3. The van der Waals surface area contributed by atoms with Gasteiger partial charge in [-0.15, -0.1) is 0 Å². The maximum atomic E-state index is 11.5. The van der Waals surface area contributed by atoms with Crippen LogP contribution in [0, 0.1) is 6.92 Å². The maximum absolute atomic E-state index is 11.5. The smallest absolute Gasteiger partial charge is 0.335 e. The van der Waals surface area contributed by atoms with E-state index in [0.717, 1.165) is 0 Å². The van der Waals surface area contributed by atoms with E-state index in [1.807, 2.05) is 0 Å². The molecule has 2 rings (SSSR count). The van der Waals surface area contributed by atoms with Gasteiger partial charge in [-0.2, -0.15) is 0 Å². The van der Waals surface area contributed by atoms with Crippen LogP contribution in [0.5, 0.6) is 0 Å². The Hall–Kier alpha value is -2.71. The van der Waals surface area contributed by atoms with E-state index in [2.05, 4.69) is 0 Å². The van der Waals surface area contributed by atoms with Crippen molar-refractivity contribution in [3.8, 4) is 0 Å². The van der Waals surface area contributed by atoms with E-state index >= 15 is 0 Å². The lowest BCUT2D eigenvalue weighted by molar-refractivity contribution is 0.0696. The molecule has 2 aromatic rings. The van der Waals surface area contributed by atoms with Crippen LogP contribution < -0.4 is 0 Å². The Morgan fingerprint density at radius 1 is 0.923 bits per heavy atom. The molecular weight excluding hydrogens is 360 g/mol. The third-order valence-corrected chi connectivity index (χ3v) is 5.27. The SMILES string of the molecule is CC(O)CS(=O)(=O)c1ccccc1.Cc1c(C(=O)O)cccc1C(=O)O. The van der Waals surface area contributed by atoms with E-state index in [1.54, 1.807) is 18.2 Å². The number of hydrogen-bond acceptors (Lipinski definition) is 5. The van der Waals surface area contributed by atoms with E-state index in [4.69, 9.17) is 15.3 Å². The minimum Gasteiger partial charge on any atom is -0.478 e. The largest absolute Gasteiger partial charge is 0.478 e. The molecular formula is C18H20O7S. The Morgan fingerprint density at radius 2 is 1.38 bits per heavy atom. The molecule has 2 aromatic carbocycles. The molecule has 0 heterocycles. The van der Waals surface area contributed by atoms with Crippen molar-refractivity contribution in [2.45, 2.75) is 24.8 Å². The molecule has 0 saturated heterocycles. The van der Waals surface area contributed by atoms with Crippen LogP contribution in [0.2, 0.25) is 0 Å². The fourth-order valence-electron chi connectivity index (χ4n) is 2.14. The van der Waals surface area contributed by atoms with Gasteiger partial charge in [0.05, 0.1) is 27.9 Å². The molecule has 26 heavy (non-hydrogen) atoms. The Labute approximate surface area is 151 Å².